The van der Waals surface area contributed by atoms with Gasteiger partial charge < -0.3 is 4.74 Å². The molecule has 0 aliphatic rings. The lowest BCUT2D eigenvalue weighted by Gasteiger charge is -2.10. The van der Waals surface area contributed by atoms with Crippen molar-refractivity contribution >= 4 is 33.0 Å². The number of esters is 1. The van der Waals surface area contributed by atoms with Gasteiger partial charge in [0.05, 0.1) is 25.2 Å². The molecule has 0 spiro atoms. The lowest BCUT2D eigenvalue weighted by atomic mass is 10.1. The van der Waals surface area contributed by atoms with Crippen LogP contribution in [-0.4, -0.2) is 36.6 Å². The Morgan fingerprint density at radius 3 is 1.85 bits per heavy atom. The minimum Gasteiger partial charge on any atom is -0.454 e. The normalized spacial score (nSPS) is 10.9. The average Bonchev–Trinajstić information content (AvgIpc) is 2.82. The summed E-state index contributed by atoms with van der Waals surface area (Å²) in [7, 11) is -4.23. The molecule has 168 valence electrons. The third-order valence-electron chi connectivity index (χ3n) is 4.49. The Morgan fingerprint density at radius 2 is 1.30 bits per heavy atom. The number of ether oxygens (including phenoxy) is 1. The Kier molecular flexibility index (Phi) is 6.59. The number of ketones is 1. The number of non-ortho nitro benzene ring substituents is 2. The summed E-state index contributed by atoms with van der Waals surface area (Å²) in [6.07, 6.45) is 0. The molecule has 0 atom stereocenters. The molecule has 33 heavy (non-hydrogen) atoms. The van der Waals surface area contributed by atoms with Gasteiger partial charge in [0.15, 0.2) is 12.4 Å². The van der Waals surface area contributed by atoms with Crippen LogP contribution in [0.4, 0.5) is 11.4 Å². The zero-order valence-electron chi connectivity index (χ0n) is 16.6. The Hall–Kier alpha value is -4.45. The van der Waals surface area contributed by atoms with E-state index >= 15 is 0 Å². The van der Waals surface area contributed by atoms with Gasteiger partial charge in [-0.15, -0.1) is 0 Å². The van der Waals surface area contributed by atoms with Crippen molar-refractivity contribution in [3.63, 3.8) is 0 Å². The van der Waals surface area contributed by atoms with Crippen molar-refractivity contribution in [3.8, 4) is 0 Å². The van der Waals surface area contributed by atoms with Crippen molar-refractivity contribution in [1.82, 2.24) is 0 Å². The van der Waals surface area contributed by atoms with Gasteiger partial charge in [0.2, 0.25) is 9.84 Å². The number of nitrogens with zero attached hydrogens (tertiary/aromatic N) is 2. The van der Waals surface area contributed by atoms with Crippen LogP contribution >= 0.6 is 0 Å². The second-order valence-electron chi connectivity index (χ2n) is 6.55. The molecule has 12 heteroatoms. The molecule has 0 radical (unpaired) electrons. The molecule has 3 rings (SSSR count). The molecule has 0 fully saturated rings. The molecular formula is C21H14N2O9S. The van der Waals surface area contributed by atoms with E-state index in [0.29, 0.717) is 0 Å². The fourth-order valence-electron chi connectivity index (χ4n) is 2.80. The van der Waals surface area contributed by atoms with Gasteiger partial charge in [-0.05, 0) is 36.4 Å². The fourth-order valence-corrected chi connectivity index (χ4v) is 4.25. The van der Waals surface area contributed by atoms with Crippen molar-refractivity contribution in [2.75, 3.05) is 6.61 Å². The Bertz CT molecular complexity index is 1350. The number of carbonyl (C=O) groups is 2. The molecule has 0 amide bonds. The first-order valence-corrected chi connectivity index (χ1v) is 10.6. The largest absolute Gasteiger partial charge is 0.454 e. The molecule has 3 aromatic carbocycles. The van der Waals surface area contributed by atoms with Gasteiger partial charge in [0, 0.05) is 29.8 Å². The van der Waals surface area contributed by atoms with Crippen molar-refractivity contribution in [3.05, 3.63) is 104 Å². The highest BCUT2D eigenvalue weighted by Gasteiger charge is 2.26. The predicted octanol–water partition coefficient (Wildman–Crippen LogP) is 3.38. The summed E-state index contributed by atoms with van der Waals surface area (Å²) >= 11 is 0. The van der Waals surface area contributed by atoms with Crippen molar-refractivity contribution in [2.45, 2.75) is 9.79 Å². The van der Waals surface area contributed by atoms with Crippen molar-refractivity contribution in [1.29, 1.82) is 0 Å². The van der Waals surface area contributed by atoms with Crippen LogP contribution in [0.1, 0.15) is 20.7 Å². The van der Waals surface area contributed by atoms with Gasteiger partial charge in [-0.3, -0.25) is 25.0 Å². The minimum atomic E-state index is -4.23. The number of hydrogen-bond acceptors (Lipinski definition) is 9. The average molecular weight is 470 g/mol. The van der Waals surface area contributed by atoms with Crippen LogP contribution < -0.4 is 0 Å². The number of benzene rings is 3. The summed E-state index contributed by atoms with van der Waals surface area (Å²) in [6, 6.07) is 14.0. The molecule has 0 bridgehead atoms. The molecule has 3 aromatic rings. The van der Waals surface area contributed by atoms with E-state index in [2.05, 4.69) is 0 Å². The van der Waals surface area contributed by atoms with Crippen molar-refractivity contribution < 1.29 is 32.6 Å². The predicted molar refractivity (Wildman–Crippen MR) is 113 cm³/mol. The summed E-state index contributed by atoms with van der Waals surface area (Å²) in [4.78, 5) is 44.3. The van der Waals surface area contributed by atoms with Crippen LogP contribution in [0.5, 0.6) is 0 Å². The van der Waals surface area contributed by atoms with E-state index < -0.39 is 42.9 Å². The van der Waals surface area contributed by atoms with Crippen LogP contribution in [0.15, 0.2) is 82.6 Å². The molecular weight excluding hydrogens is 456 g/mol. The van der Waals surface area contributed by atoms with E-state index in [0.717, 1.165) is 36.4 Å². The lowest BCUT2D eigenvalue weighted by Crippen LogP contribution is -2.17. The molecule has 0 aromatic heterocycles. The second kappa shape index (κ2) is 9.36. The third-order valence-corrected chi connectivity index (χ3v) is 6.32. The van der Waals surface area contributed by atoms with E-state index in [9.17, 15) is 38.2 Å². The summed E-state index contributed by atoms with van der Waals surface area (Å²) < 4.78 is 30.9. The maximum atomic E-state index is 13.0. The van der Waals surface area contributed by atoms with Gasteiger partial charge in [-0.1, -0.05) is 12.1 Å². The number of nitro benzene ring substituents is 2. The molecule has 0 aliphatic carbocycles. The maximum Gasteiger partial charge on any atom is 0.339 e. The summed E-state index contributed by atoms with van der Waals surface area (Å²) in [5.41, 5.74) is -0.770. The highest BCUT2D eigenvalue weighted by Crippen LogP contribution is 2.26. The van der Waals surface area contributed by atoms with Gasteiger partial charge in [0.25, 0.3) is 11.4 Å². The summed E-state index contributed by atoms with van der Waals surface area (Å²) in [6.45, 7) is -0.720. The zero-order chi connectivity index (χ0) is 24.2. The number of sulfone groups is 1. The van der Waals surface area contributed by atoms with Crippen LogP contribution in [0.3, 0.4) is 0 Å². The topological polar surface area (TPSA) is 164 Å². The highest BCUT2D eigenvalue weighted by atomic mass is 32.2. The SMILES string of the molecule is O=C(COC(=O)c1ccccc1S(=O)(=O)c1ccc([N+](=O)[O-])cc1)c1ccc([N+](=O)[O-])cc1. The smallest absolute Gasteiger partial charge is 0.339 e. The Balaban J connectivity index is 1.80. The zero-order valence-corrected chi connectivity index (χ0v) is 17.4. The molecule has 11 nitrogen and oxygen atoms in total. The quantitative estimate of drug-likeness (QED) is 0.208. The number of rotatable bonds is 8. The third kappa shape index (κ3) is 5.07. The standard InChI is InChI=1S/C21H14N2O9S/c24-19(14-5-7-15(8-6-14)22(26)27)13-32-21(25)18-3-1-2-4-20(18)33(30,31)17-11-9-16(10-12-17)23(28)29/h1-12H,13H2. The molecule has 0 heterocycles. The Morgan fingerprint density at radius 1 is 0.788 bits per heavy atom. The number of nitro groups is 2. The molecule has 0 saturated carbocycles. The first kappa shape index (κ1) is 23.2. The number of Topliss-reactive ketones (excluding diaryl/α,β-unsaturated/α-hetero) is 1. The number of hydrogen-bond donors (Lipinski definition) is 0. The Labute approximate surface area is 186 Å². The van der Waals surface area contributed by atoms with E-state index in [1.165, 1.54) is 36.4 Å². The van der Waals surface area contributed by atoms with E-state index in [1.54, 1.807) is 0 Å². The van der Waals surface area contributed by atoms with Gasteiger partial charge >= 0.3 is 5.97 Å². The maximum absolute atomic E-state index is 13.0. The van der Waals surface area contributed by atoms with E-state index in [4.69, 9.17) is 4.74 Å². The fraction of sp³-hybridized carbons (Fsp3) is 0.0476. The summed E-state index contributed by atoms with van der Waals surface area (Å²) in [5, 5.41) is 21.5. The lowest BCUT2D eigenvalue weighted by molar-refractivity contribution is -0.385. The van der Waals surface area contributed by atoms with E-state index in [-0.39, 0.29) is 27.4 Å². The van der Waals surface area contributed by atoms with E-state index in [1.807, 2.05) is 0 Å². The van der Waals surface area contributed by atoms with Gasteiger partial charge in [-0.25, -0.2) is 13.2 Å². The van der Waals surface area contributed by atoms with Gasteiger partial charge in [0.1, 0.15) is 0 Å². The minimum absolute atomic E-state index is 0.0696. The van der Waals surface area contributed by atoms with Crippen LogP contribution in [-0.2, 0) is 14.6 Å². The van der Waals surface area contributed by atoms with Crippen LogP contribution in [0.2, 0.25) is 0 Å². The molecule has 0 aliphatic heterocycles. The van der Waals surface area contributed by atoms with Crippen molar-refractivity contribution in [2.24, 2.45) is 0 Å². The molecule has 0 unspecified atom stereocenters. The highest BCUT2D eigenvalue weighted by molar-refractivity contribution is 7.91. The number of carbonyl (C=O) groups excluding carboxylic acids is 2. The molecule has 0 saturated heterocycles. The first-order chi connectivity index (χ1) is 15.6. The van der Waals surface area contributed by atoms with Gasteiger partial charge in [-0.2, -0.15) is 0 Å². The van der Waals surface area contributed by atoms with Crippen LogP contribution in [0.25, 0.3) is 0 Å². The van der Waals surface area contributed by atoms with Crippen LogP contribution in [0, 0.1) is 20.2 Å². The second-order valence-corrected chi connectivity index (χ2v) is 8.47. The monoisotopic (exact) mass is 470 g/mol. The first-order valence-electron chi connectivity index (χ1n) is 9.14. The molecule has 0 N–H and O–H groups in total. The summed E-state index contributed by atoms with van der Waals surface area (Å²) in [5.74, 6) is -1.72.